The van der Waals surface area contributed by atoms with E-state index in [9.17, 15) is 4.79 Å². The molecule has 124 valence electrons. The van der Waals surface area contributed by atoms with Crippen LogP contribution in [0.1, 0.15) is 53.4 Å². The molecule has 22 heavy (non-hydrogen) atoms. The summed E-state index contributed by atoms with van der Waals surface area (Å²) in [7, 11) is 1.58. The zero-order chi connectivity index (χ0) is 17.0. The van der Waals surface area contributed by atoms with Crippen molar-refractivity contribution in [1.29, 1.82) is 0 Å². The third-order valence-corrected chi connectivity index (χ3v) is 4.55. The highest BCUT2D eigenvalue weighted by Crippen LogP contribution is 2.42. The van der Waals surface area contributed by atoms with Gasteiger partial charge in [0.1, 0.15) is 0 Å². The normalized spacial score (nSPS) is 24.2. The Balaban J connectivity index is 3.35. The highest BCUT2D eigenvalue weighted by atomic mass is 16.6. The Hall–Kier alpha value is -1.58. The van der Waals surface area contributed by atoms with Crippen molar-refractivity contribution in [2.24, 2.45) is 10.4 Å². The van der Waals surface area contributed by atoms with Crippen LogP contribution in [0.2, 0.25) is 0 Å². The lowest BCUT2D eigenvalue weighted by molar-refractivity contribution is -0.172. The van der Waals surface area contributed by atoms with Crippen molar-refractivity contribution in [3.8, 4) is 0 Å². The van der Waals surface area contributed by atoms with Crippen LogP contribution in [-0.4, -0.2) is 30.1 Å². The number of carbonyl (C=O) groups is 1. The van der Waals surface area contributed by atoms with Gasteiger partial charge in [-0.1, -0.05) is 32.9 Å². The highest BCUT2D eigenvalue weighted by Gasteiger charge is 2.55. The van der Waals surface area contributed by atoms with E-state index in [1.165, 1.54) is 0 Å². The average molecular weight is 307 g/mol. The Morgan fingerprint density at radius 2 is 1.73 bits per heavy atom. The third kappa shape index (κ3) is 3.26. The number of cyclic esters (lactones) is 1. The monoisotopic (exact) mass is 307 g/mol. The van der Waals surface area contributed by atoms with E-state index < -0.39 is 11.1 Å². The number of hydrogen-bond donors (Lipinski definition) is 0. The fraction of sp³-hybridized carbons (Fsp3) is 0.667. The van der Waals surface area contributed by atoms with E-state index in [0.29, 0.717) is 31.6 Å². The van der Waals surface area contributed by atoms with Gasteiger partial charge in [0.05, 0.1) is 7.11 Å². The molecular weight excluding hydrogens is 278 g/mol. The molecule has 0 spiro atoms. The van der Waals surface area contributed by atoms with Crippen LogP contribution in [0.15, 0.2) is 30.3 Å². The van der Waals surface area contributed by atoms with Gasteiger partial charge in [0, 0.05) is 5.41 Å². The van der Waals surface area contributed by atoms with Crippen molar-refractivity contribution in [3.05, 3.63) is 25.3 Å². The van der Waals surface area contributed by atoms with Crippen molar-refractivity contribution in [3.63, 3.8) is 0 Å². The Labute approximate surface area is 134 Å². The van der Waals surface area contributed by atoms with Gasteiger partial charge in [0.15, 0.2) is 11.1 Å². The van der Waals surface area contributed by atoms with Gasteiger partial charge in [-0.2, -0.15) is 0 Å². The third-order valence-electron chi connectivity index (χ3n) is 4.55. The van der Waals surface area contributed by atoms with Gasteiger partial charge in [-0.15, -0.1) is 13.2 Å². The van der Waals surface area contributed by atoms with Crippen LogP contribution < -0.4 is 0 Å². The maximum atomic E-state index is 12.8. The number of ether oxygens (including phenoxy) is 2. The molecule has 0 aromatic heterocycles. The number of aliphatic imine (C=N–C) groups is 1. The van der Waals surface area contributed by atoms with E-state index in [2.05, 4.69) is 13.2 Å². The molecule has 0 saturated carbocycles. The molecule has 1 heterocycles. The molecule has 1 aliphatic heterocycles. The zero-order valence-corrected chi connectivity index (χ0v) is 14.6. The van der Waals surface area contributed by atoms with Gasteiger partial charge in [0.2, 0.25) is 5.90 Å². The van der Waals surface area contributed by atoms with Crippen LogP contribution in [0.25, 0.3) is 0 Å². The predicted octanol–water partition coefficient (Wildman–Crippen LogP) is 4.06. The number of rotatable bonds is 6. The lowest BCUT2D eigenvalue weighted by atomic mass is 9.75. The Morgan fingerprint density at radius 3 is 2.09 bits per heavy atom. The van der Waals surface area contributed by atoms with Gasteiger partial charge in [-0.3, -0.25) is 0 Å². The summed E-state index contributed by atoms with van der Waals surface area (Å²) in [5, 5.41) is 0. The maximum Gasteiger partial charge on any atom is 0.335 e. The fourth-order valence-electron chi connectivity index (χ4n) is 2.51. The van der Waals surface area contributed by atoms with Gasteiger partial charge in [0.25, 0.3) is 0 Å². The van der Waals surface area contributed by atoms with Gasteiger partial charge in [-0.25, -0.2) is 9.79 Å². The second-order valence-corrected chi connectivity index (χ2v) is 6.98. The number of esters is 1. The first-order valence-electron chi connectivity index (χ1n) is 7.76. The van der Waals surface area contributed by atoms with Crippen molar-refractivity contribution in [1.82, 2.24) is 0 Å². The molecule has 0 unspecified atom stereocenters. The molecule has 4 nitrogen and oxygen atoms in total. The van der Waals surface area contributed by atoms with E-state index in [1.54, 1.807) is 19.3 Å². The molecule has 0 aromatic carbocycles. The maximum absolute atomic E-state index is 12.8. The van der Waals surface area contributed by atoms with Crippen LogP contribution in [-0.2, 0) is 14.3 Å². The van der Waals surface area contributed by atoms with Crippen LogP contribution in [0.5, 0.6) is 0 Å². The molecule has 0 bridgehead atoms. The number of hydrogen-bond acceptors (Lipinski definition) is 4. The van der Waals surface area contributed by atoms with Crippen LogP contribution >= 0.6 is 0 Å². The van der Waals surface area contributed by atoms with Gasteiger partial charge < -0.3 is 9.47 Å². The second kappa shape index (κ2) is 6.67. The zero-order valence-electron chi connectivity index (χ0n) is 14.6. The lowest BCUT2D eigenvalue weighted by Gasteiger charge is -2.46. The molecular formula is C18H29NO3. The molecule has 0 radical (unpaired) electrons. The Kier molecular flexibility index (Phi) is 5.60. The highest BCUT2D eigenvalue weighted by molar-refractivity contribution is 5.96. The van der Waals surface area contributed by atoms with E-state index in [1.807, 2.05) is 27.7 Å². The summed E-state index contributed by atoms with van der Waals surface area (Å²) in [6.45, 7) is 15.4. The molecule has 0 fully saturated rings. The summed E-state index contributed by atoms with van der Waals surface area (Å²) in [5.41, 5.74) is -2.09. The minimum absolute atomic E-state index is 0.283. The molecule has 1 aliphatic rings. The number of methoxy groups -OCH3 is 1. The number of carbonyl (C=O) groups excluding carboxylic acids is 1. The lowest BCUT2D eigenvalue weighted by Crippen LogP contribution is -2.59. The van der Waals surface area contributed by atoms with Gasteiger partial charge >= 0.3 is 5.97 Å². The van der Waals surface area contributed by atoms with E-state index >= 15 is 0 Å². The minimum Gasteiger partial charge on any atom is -0.481 e. The quantitative estimate of drug-likeness (QED) is 0.549. The van der Waals surface area contributed by atoms with Crippen molar-refractivity contribution in [2.75, 3.05) is 7.11 Å². The fourth-order valence-corrected chi connectivity index (χ4v) is 2.51. The van der Waals surface area contributed by atoms with E-state index in [0.717, 1.165) is 0 Å². The standard InChI is InChI=1S/C18H29NO3/c1-8-10-12-18(13-11-9-2)15(20)22-17(6,16(3,4)5)14(19-18)21-7/h8-9H,1-2,10-13H2,3-7H3/t17-/m0/s1. The largest absolute Gasteiger partial charge is 0.481 e. The number of allylic oxidation sites excluding steroid dienone is 2. The first-order chi connectivity index (χ1) is 10.2. The first kappa shape index (κ1) is 18.5. The molecule has 0 N–H and O–H groups in total. The molecule has 0 amide bonds. The van der Waals surface area contributed by atoms with E-state index in [-0.39, 0.29) is 11.4 Å². The average Bonchev–Trinajstić information content (AvgIpc) is 2.44. The molecule has 4 heteroatoms. The van der Waals surface area contributed by atoms with Crippen LogP contribution in [0, 0.1) is 5.41 Å². The molecule has 1 atom stereocenters. The first-order valence-corrected chi connectivity index (χ1v) is 7.76. The SMILES string of the molecule is C=CCCC1(CCC=C)N=C(OC)[C@@](C)(C(C)(C)C)OC1=O. The smallest absolute Gasteiger partial charge is 0.335 e. The van der Waals surface area contributed by atoms with Crippen molar-refractivity contribution < 1.29 is 14.3 Å². The summed E-state index contributed by atoms with van der Waals surface area (Å²) in [6.07, 6.45) is 6.11. The Bertz CT molecular complexity index is 461. The summed E-state index contributed by atoms with van der Waals surface area (Å²) in [4.78, 5) is 17.5. The van der Waals surface area contributed by atoms with E-state index in [4.69, 9.17) is 14.5 Å². The van der Waals surface area contributed by atoms with Gasteiger partial charge in [-0.05, 0) is 32.6 Å². The molecule has 0 saturated heterocycles. The summed E-state index contributed by atoms with van der Waals surface area (Å²) >= 11 is 0. The predicted molar refractivity (Wildman–Crippen MR) is 90.0 cm³/mol. The second-order valence-electron chi connectivity index (χ2n) is 6.98. The topological polar surface area (TPSA) is 47.9 Å². The molecule has 1 rings (SSSR count). The van der Waals surface area contributed by atoms with Crippen molar-refractivity contribution in [2.45, 2.75) is 64.5 Å². The minimum atomic E-state index is -0.904. The summed E-state index contributed by atoms with van der Waals surface area (Å²) < 4.78 is 11.4. The van der Waals surface area contributed by atoms with Crippen LogP contribution in [0.4, 0.5) is 0 Å². The number of nitrogens with zero attached hydrogens (tertiary/aromatic N) is 1. The summed E-state index contributed by atoms with van der Waals surface area (Å²) in [5.74, 6) is 0.196. The Morgan fingerprint density at radius 1 is 1.23 bits per heavy atom. The molecule has 0 aromatic rings. The summed E-state index contributed by atoms with van der Waals surface area (Å²) in [6, 6.07) is 0. The van der Waals surface area contributed by atoms with Crippen LogP contribution in [0.3, 0.4) is 0 Å². The molecule has 0 aliphatic carbocycles. The van der Waals surface area contributed by atoms with Crippen molar-refractivity contribution >= 4 is 11.9 Å².